The number of hydrogen-bond acceptors (Lipinski definition) is 5. The monoisotopic (exact) mass is 561 g/mol. The van der Waals surface area contributed by atoms with Crippen LogP contribution in [0.25, 0.3) is 5.57 Å². The first kappa shape index (κ1) is 29.6. The summed E-state index contributed by atoms with van der Waals surface area (Å²) in [5, 5.41) is 8.81. The second kappa shape index (κ2) is 11.6. The zero-order chi connectivity index (χ0) is 29.2. The molecule has 0 aliphatic carbocycles. The van der Waals surface area contributed by atoms with E-state index in [9.17, 15) is 22.8 Å². The van der Waals surface area contributed by atoms with Crippen molar-refractivity contribution in [2.24, 2.45) is 0 Å². The molecule has 2 N–H and O–H groups in total. The van der Waals surface area contributed by atoms with Crippen LogP contribution in [0.1, 0.15) is 81.2 Å². The van der Waals surface area contributed by atoms with Gasteiger partial charge in [0.15, 0.2) is 0 Å². The molecule has 4 rings (SSSR count). The fourth-order valence-electron chi connectivity index (χ4n) is 5.44. The Morgan fingerprint density at radius 1 is 1.12 bits per heavy atom. The van der Waals surface area contributed by atoms with Crippen LogP contribution in [0.5, 0.6) is 5.75 Å². The van der Waals surface area contributed by atoms with Crippen molar-refractivity contribution in [2.45, 2.75) is 71.5 Å². The SMILES string of the molecule is CC1=C(C(=O)NC(C)C)c2n[nH]c(C(F)(F)F)c2C(C)(C)CN1C(=O)c1ccc(OCCN2CCCCC2)cc1. The van der Waals surface area contributed by atoms with Crippen LogP contribution in [0.3, 0.4) is 0 Å². The van der Waals surface area contributed by atoms with E-state index in [1.807, 2.05) is 0 Å². The number of aromatic amines is 1. The third kappa shape index (κ3) is 6.35. The van der Waals surface area contributed by atoms with Crippen LogP contribution in [-0.2, 0) is 16.4 Å². The fourth-order valence-corrected chi connectivity index (χ4v) is 5.44. The van der Waals surface area contributed by atoms with Crippen LogP contribution in [0.4, 0.5) is 13.2 Å². The summed E-state index contributed by atoms with van der Waals surface area (Å²) in [6.45, 7) is 11.8. The summed E-state index contributed by atoms with van der Waals surface area (Å²) < 4.78 is 47.8. The van der Waals surface area contributed by atoms with E-state index in [1.165, 1.54) is 24.2 Å². The van der Waals surface area contributed by atoms with Gasteiger partial charge in [0.25, 0.3) is 11.8 Å². The molecule has 0 atom stereocenters. The third-order valence-corrected chi connectivity index (χ3v) is 7.40. The lowest BCUT2D eigenvalue weighted by atomic mass is 9.81. The first-order chi connectivity index (χ1) is 18.8. The molecular weight excluding hydrogens is 523 g/mol. The lowest BCUT2D eigenvalue weighted by Gasteiger charge is -2.32. The maximum absolute atomic E-state index is 14.0. The average molecular weight is 562 g/mol. The lowest BCUT2D eigenvalue weighted by Crippen LogP contribution is -2.40. The Kier molecular flexibility index (Phi) is 8.63. The summed E-state index contributed by atoms with van der Waals surface area (Å²) in [6, 6.07) is 6.42. The standard InChI is InChI=1S/C29H38F3N5O3/c1-18(2)33-26(38)22-19(3)37(17-28(4,5)23-24(22)34-35-25(23)29(30,31)32)27(39)20-9-11-21(12-10-20)40-16-15-36-13-7-6-8-14-36/h9-12,18H,6-8,13-17H2,1-5H3,(H,33,38)(H,34,35). The molecule has 218 valence electrons. The average Bonchev–Trinajstić information content (AvgIpc) is 3.31. The number of hydrogen-bond donors (Lipinski definition) is 2. The van der Waals surface area contributed by atoms with E-state index in [4.69, 9.17) is 4.74 Å². The summed E-state index contributed by atoms with van der Waals surface area (Å²) in [6.07, 6.45) is -1.03. The molecule has 2 amide bonds. The number of amides is 2. The molecule has 1 aromatic heterocycles. The summed E-state index contributed by atoms with van der Waals surface area (Å²) in [4.78, 5) is 30.8. The summed E-state index contributed by atoms with van der Waals surface area (Å²) in [5.41, 5.74) is -1.93. The molecule has 11 heteroatoms. The zero-order valence-corrected chi connectivity index (χ0v) is 23.7. The van der Waals surface area contributed by atoms with E-state index >= 15 is 0 Å². The lowest BCUT2D eigenvalue weighted by molar-refractivity contribution is -0.142. The number of halogens is 3. The Bertz CT molecular complexity index is 1260. The van der Waals surface area contributed by atoms with Gasteiger partial charge in [-0.1, -0.05) is 20.3 Å². The van der Waals surface area contributed by atoms with Gasteiger partial charge < -0.3 is 15.0 Å². The third-order valence-electron chi connectivity index (χ3n) is 7.40. The highest BCUT2D eigenvalue weighted by Crippen LogP contribution is 2.44. The molecule has 2 aliphatic rings. The Balaban J connectivity index is 1.62. The zero-order valence-electron chi connectivity index (χ0n) is 23.7. The second-order valence-corrected chi connectivity index (χ2v) is 11.5. The van der Waals surface area contributed by atoms with E-state index in [2.05, 4.69) is 20.4 Å². The number of fused-ring (bicyclic) bond motifs is 1. The summed E-state index contributed by atoms with van der Waals surface area (Å²) >= 11 is 0. The van der Waals surface area contributed by atoms with Crippen molar-refractivity contribution in [3.63, 3.8) is 0 Å². The van der Waals surface area contributed by atoms with E-state index in [-0.39, 0.29) is 35.1 Å². The molecule has 8 nitrogen and oxygen atoms in total. The number of ether oxygens (including phenoxy) is 1. The van der Waals surface area contributed by atoms with Crippen LogP contribution < -0.4 is 10.1 Å². The fraction of sp³-hybridized carbons (Fsp3) is 0.552. The highest BCUT2D eigenvalue weighted by molar-refractivity contribution is 6.21. The van der Waals surface area contributed by atoms with Crippen LogP contribution in [0.2, 0.25) is 0 Å². The van der Waals surface area contributed by atoms with E-state index < -0.39 is 29.1 Å². The van der Waals surface area contributed by atoms with Gasteiger partial charge in [0, 0.05) is 41.4 Å². The van der Waals surface area contributed by atoms with E-state index in [1.54, 1.807) is 58.9 Å². The maximum Gasteiger partial charge on any atom is 0.433 e. The topological polar surface area (TPSA) is 90.6 Å². The molecule has 1 aromatic carbocycles. The van der Waals surface area contributed by atoms with Gasteiger partial charge in [-0.3, -0.25) is 19.6 Å². The number of H-pyrrole nitrogens is 1. The van der Waals surface area contributed by atoms with Gasteiger partial charge in [0.2, 0.25) is 0 Å². The molecule has 2 aliphatic heterocycles. The largest absolute Gasteiger partial charge is 0.492 e. The molecule has 0 saturated carbocycles. The maximum atomic E-state index is 14.0. The van der Waals surface area contributed by atoms with Crippen LogP contribution in [-0.4, -0.2) is 70.6 Å². The van der Waals surface area contributed by atoms with Crippen molar-refractivity contribution in [2.75, 3.05) is 32.8 Å². The highest BCUT2D eigenvalue weighted by atomic mass is 19.4. The van der Waals surface area contributed by atoms with Gasteiger partial charge in [0.05, 0.1) is 5.57 Å². The van der Waals surface area contributed by atoms with Crippen LogP contribution in [0.15, 0.2) is 30.0 Å². The van der Waals surface area contributed by atoms with Crippen molar-refractivity contribution >= 4 is 17.4 Å². The number of aromatic nitrogens is 2. The Morgan fingerprint density at radius 3 is 2.38 bits per heavy atom. The number of carbonyl (C=O) groups excluding carboxylic acids is 2. The minimum atomic E-state index is -4.71. The van der Waals surface area contributed by atoms with Gasteiger partial charge in [-0.15, -0.1) is 0 Å². The number of alkyl halides is 3. The normalized spacial score (nSPS) is 18.0. The Labute approximate surface area is 232 Å². The molecular formula is C29H38F3N5O3. The molecule has 3 heterocycles. The molecule has 40 heavy (non-hydrogen) atoms. The Hall–Kier alpha value is -3.34. The molecule has 0 radical (unpaired) electrons. The number of likely N-dealkylation sites (tertiary alicyclic amines) is 1. The number of benzene rings is 1. The van der Waals surface area contributed by atoms with Crippen LogP contribution >= 0.6 is 0 Å². The molecule has 1 fully saturated rings. The predicted molar refractivity (Wildman–Crippen MR) is 146 cm³/mol. The second-order valence-electron chi connectivity index (χ2n) is 11.5. The van der Waals surface area contributed by atoms with E-state index in [0.717, 1.165) is 19.6 Å². The number of allylic oxidation sites excluding steroid dienone is 1. The van der Waals surface area contributed by atoms with Crippen molar-refractivity contribution in [1.29, 1.82) is 0 Å². The van der Waals surface area contributed by atoms with Crippen molar-refractivity contribution in [3.05, 3.63) is 52.5 Å². The smallest absolute Gasteiger partial charge is 0.433 e. The molecule has 1 saturated heterocycles. The first-order valence-corrected chi connectivity index (χ1v) is 13.7. The van der Waals surface area contributed by atoms with Gasteiger partial charge >= 0.3 is 6.18 Å². The highest BCUT2D eigenvalue weighted by Gasteiger charge is 2.46. The van der Waals surface area contributed by atoms with Crippen molar-refractivity contribution in [1.82, 2.24) is 25.3 Å². The van der Waals surface area contributed by atoms with Gasteiger partial charge in [-0.2, -0.15) is 18.3 Å². The van der Waals surface area contributed by atoms with Gasteiger partial charge in [0.1, 0.15) is 23.7 Å². The predicted octanol–water partition coefficient (Wildman–Crippen LogP) is 4.98. The summed E-state index contributed by atoms with van der Waals surface area (Å²) in [7, 11) is 0. The van der Waals surface area contributed by atoms with Crippen molar-refractivity contribution < 1.29 is 27.5 Å². The molecule has 2 aromatic rings. The Morgan fingerprint density at radius 2 is 1.77 bits per heavy atom. The number of nitrogens with one attached hydrogen (secondary N) is 2. The van der Waals surface area contributed by atoms with Gasteiger partial charge in [-0.05, 0) is 71.0 Å². The van der Waals surface area contributed by atoms with Crippen molar-refractivity contribution in [3.8, 4) is 5.75 Å². The minimum absolute atomic E-state index is 0.0629. The quantitative estimate of drug-likeness (QED) is 0.498. The number of rotatable bonds is 7. The molecule has 0 unspecified atom stereocenters. The molecule has 0 spiro atoms. The minimum Gasteiger partial charge on any atom is -0.492 e. The molecule has 0 bridgehead atoms. The number of carbonyl (C=O) groups is 2. The number of nitrogens with zero attached hydrogens (tertiary/aromatic N) is 3. The van der Waals surface area contributed by atoms with Gasteiger partial charge in [-0.25, -0.2) is 0 Å². The summed E-state index contributed by atoms with van der Waals surface area (Å²) in [5.74, 6) is -0.395. The first-order valence-electron chi connectivity index (χ1n) is 13.7. The number of piperidine rings is 1. The van der Waals surface area contributed by atoms with E-state index in [0.29, 0.717) is 17.9 Å². The van der Waals surface area contributed by atoms with Crippen LogP contribution in [0, 0.1) is 0 Å².